The highest BCUT2D eigenvalue weighted by Crippen LogP contribution is 2.55. The molecule has 0 aliphatic heterocycles. The van der Waals surface area contributed by atoms with Gasteiger partial charge in [-0.2, -0.15) is 0 Å². The first-order valence-electron chi connectivity index (χ1n) is 18.5. The molecule has 1 aromatic heterocycles. The number of hydrogen-bond donors (Lipinski definition) is 0. The Morgan fingerprint density at radius 1 is 0.463 bits per heavy atom. The molecular formula is C50H37N3O. The Morgan fingerprint density at radius 2 is 1.07 bits per heavy atom. The summed E-state index contributed by atoms with van der Waals surface area (Å²) in [6.07, 6.45) is 0. The lowest BCUT2D eigenvalue weighted by Crippen LogP contribution is -2.16. The monoisotopic (exact) mass is 695 g/mol. The van der Waals surface area contributed by atoms with E-state index in [0.717, 1.165) is 45.2 Å². The van der Waals surface area contributed by atoms with Crippen molar-refractivity contribution in [2.75, 3.05) is 9.80 Å². The van der Waals surface area contributed by atoms with Crippen LogP contribution in [0.15, 0.2) is 192 Å². The van der Waals surface area contributed by atoms with E-state index < -0.39 is 0 Å². The van der Waals surface area contributed by atoms with Gasteiger partial charge in [-0.25, -0.2) is 4.98 Å². The normalized spacial score (nSPS) is 12.8. The van der Waals surface area contributed by atoms with Gasteiger partial charge in [0.15, 0.2) is 5.58 Å². The largest absolute Gasteiger partial charge is 0.436 e. The summed E-state index contributed by atoms with van der Waals surface area (Å²) < 4.78 is 6.77. The Kier molecular flexibility index (Phi) is 7.44. The molecule has 0 saturated carbocycles. The third-order valence-electron chi connectivity index (χ3n) is 10.8. The minimum Gasteiger partial charge on any atom is -0.436 e. The molecule has 0 unspecified atom stereocenters. The number of para-hydroxylation sites is 2. The maximum Gasteiger partial charge on any atom is 0.227 e. The van der Waals surface area contributed by atoms with Gasteiger partial charge in [0.1, 0.15) is 5.52 Å². The number of benzene rings is 8. The molecule has 0 radical (unpaired) electrons. The number of oxazole rings is 1. The maximum atomic E-state index is 6.77. The summed E-state index contributed by atoms with van der Waals surface area (Å²) in [4.78, 5) is 9.94. The Balaban J connectivity index is 1.28. The van der Waals surface area contributed by atoms with Crippen molar-refractivity contribution in [3.63, 3.8) is 0 Å². The average Bonchev–Trinajstić information content (AvgIpc) is 3.76. The highest BCUT2D eigenvalue weighted by molar-refractivity contribution is 6.02. The molecule has 0 bridgehead atoms. The predicted molar refractivity (Wildman–Crippen MR) is 224 cm³/mol. The van der Waals surface area contributed by atoms with Crippen LogP contribution in [0.2, 0.25) is 0 Å². The molecule has 9 aromatic rings. The zero-order valence-corrected chi connectivity index (χ0v) is 30.1. The molecule has 0 amide bonds. The molecule has 0 atom stereocenters. The van der Waals surface area contributed by atoms with Gasteiger partial charge < -0.3 is 14.2 Å². The minimum atomic E-state index is -0.144. The molecule has 0 N–H and O–H groups in total. The molecule has 1 aliphatic rings. The smallest absolute Gasteiger partial charge is 0.227 e. The van der Waals surface area contributed by atoms with E-state index in [1.54, 1.807) is 0 Å². The van der Waals surface area contributed by atoms with Crippen LogP contribution in [0.1, 0.15) is 25.0 Å². The van der Waals surface area contributed by atoms with Gasteiger partial charge in [-0.1, -0.05) is 135 Å². The second-order valence-electron chi connectivity index (χ2n) is 14.4. The quantitative estimate of drug-likeness (QED) is 0.166. The average molecular weight is 696 g/mol. The van der Waals surface area contributed by atoms with E-state index in [1.165, 1.54) is 33.0 Å². The first-order valence-corrected chi connectivity index (χ1v) is 18.5. The number of anilines is 6. The SMILES string of the molecule is CC1(C)c2ccccc2-c2c(N(c3ccccc3)c3cc(N(c4ccccc4)c4ccc5ccccc5c4)c4nc(-c5ccccc5)oc4c3)cccc21. The van der Waals surface area contributed by atoms with Crippen LogP contribution in [0, 0.1) is 0 Å². The highest BCUT2D eigenvalue weighted by Gasteiger charge is 2.38. The third kappa shape index (κ3) is 5.18. The number of aromatic nitrogens is 1. The molecule has 0 saturated heterocycles. The highest BCUT2D eigenvalue weighted by atomic mass is 16.3. The molecule has 4 nitrogen and oxygen atoms in total. The number of nitrogens with zero attached hydrogens (tertiary/aromatic N) is 3. The van der Waals surface area contributed by atoms with Crippen LogP contribution in [0.25, 0.3) is 44.5 Å². The molecule has 10 rings (SSSR count). The van der Waals surface area contributed by atoms with Gasteiger partial charge in [-0.15, -0.1) is 0 Å². The van der Waals surface area contributed by atoms with E-state index >= 15 is 0 Å². The van der Waals surface area contributed by atoms with Crippen molar-refractivity contribution < 1.29 is 4.42 Å². The van der Waals surface area contributed by atoms with Crippen LogP contribution in [-0.4, -0.2) is 4.98 Å². The molecule has 8 aromatic carbocycles. The second kappa shape index (κ2) is 12.6. The van der Waals surface area contributed by atoms with Crippen molar-refractivity contribution in [2.45, 2.75) is 19.3 Å². The Bertz CT molecular complexity index is 2810. The van der Waals surface area contributed by atoms with Crippen molar-refractivity contribution in [1.29, 1.82) is 0 Å². The molecule has 0 spiro atoms. The van der Waals surface area contributed by atoms with Crippen molar-refractivity contribution in [3.8, 4) is 22.6 Å². The summed E-state index contributed by atoms with van der Waals surface area (Å²) in [5.74, 6) is 0.582. The minimum absolute atomic E-state index is 0.144. The number of fused-ring (bicyclic) bond motifs is 5. The van der Waals surface area contributed by atoms with Crippen LogP contribution < -0.4 is 9.80 Å². The summed E-state index contributed by atoms with van der Waals surface area (Å²) >= 11 is 0. The standard InChI is InChI=1S/C50H37N3O/c1-50(2)42-26-15-14-25-41(42)47-43(50)27-16-28-44(47)53(38-23-10-5-11-24-38)40-32-45(48-46(33-40)54-49(51-48)35-18-6-3-7-19-35)52(37-21-8-4-9-22-37)39-30-29-34-17-12-13-20-36(34)31-39/h3-33H,1-2H3. The maximum absolute atomic E-state index is 6.77. The molecule has 4 heteroatoms. The molecule has 1 heterocycles. The van der Waals surface area contributed by atoms with Crippen LogP contribution in [0.4, 0.5) is 34.1 Å². The van der Waals surface area contributed by atoms with Crippen molar-refractivity contribution in [3.05, 3.63) is 199 Å². The van der Waals surface area contributed by atoms with Crippen LogP contribution in [0.5, 0.6) is 0 Å². The van der Waals surface area contributed by atoms with E-state index in [4.69, 9.17) is 9.40 Å². The fraction of sp³-hybridized carbons (Fsp3) is 0.0600. The van der Waals surface area contributed by atoms with Crippen molar-refractivity contribution in [2.24, 2.45) is 0 Å². The number of rotatable bonds is 7. The van der Waals surface area contributed by atoms with E-state index in [9.17, 15) is 0 Å². The van der Waals surface area contributed by atoms with E-state index in [2.05, 4.69) is 181 Å². The van der Waals surface area contributed by atoms with Gasteiger partial charge in [0.05, 0.1) is 17.1 Å². The molecule has 54 heavy (non-hydrogen) atoms. The lowest BCUT2D eigenvalue weighted by atomic mass is 9.82. The summed E-state index contributed by atoms with van der Waals surface area (Å²) in [6, 6.07) is 66.5. The fourth-order valence-corrected chi connectivity index (χ4v) is 8.25. The molecule has 1 aliphatic carbocycles. The van der Waals surface area contributed by atoms with Crippen molar-refractivity contribution in [1.82, 2.24) is 4.98 Å². The summed E-state index contributed by atoms with van der Waals surface area (Å²) in [6.45, 7) is 4.67. The van der Waals surface area contributed by atoms with E-state index in [-0.39, 0.29) is 5.41 Å². The van der Waals surface area contributed by atoms with Gasteiger partial charge in [-0.05, 0) is 88.1 Å². The lowest BCUT2D eigenvalue weighted by molar-refractivity contribution is 0.620. The van der Waals surface area contributed by atoms with Gasteiger partial charge in [0.2, 0.25) is 5.89 Å². The fourth-order valence-electron chi connectivity index (χ4n) is 8.25. The zero-order valence-electron chi connectivity index (χ0n) is 30.1. The van der Waals surface area contributed by atoms with E-state index in [1.807, 2.05) is 30.3 Å². The first kappa shape index (κ1) is 31.8. The zero-order chi connectivity index (χ0) is 36.2. The van der Waals surface area contributed by atoms with Crippen LogP contribution >= 0.6 is 0 Å². The second-order valence-corrected chi connectivity index (χ2v) is 14.4. The summed E-state index contributed by atoms with van der Waals surface area (Å²) in [7, 11) is 0. The van der Waals surface area contributed by atoms with Gasteiger partial charge in [0, 0.05) is 39.7 Å². The number of hydrogen-bond acceptors (Lipinski definition) is 4. The van der Waals surface area contributed by atoms with Crippen molar-refractivity contribution >= 4 is 56.0 Å². The predicted octanol–water partition coefficient (Wildman–Crippen LogP) is 13.9. The Hall–Kier alpha value is -6.91. The Labute approximate surface area is 315 Å². The molecular weight excluding hydrogens is 659 g/mol. The topological polar surface area (TPSA) is 32.5 Å². The molecule has 258 valence electrons. The summed E-state index contributed by atoms with van der Waals surface area (Å²) in [5.41, 5.74) is 13.6. The Morgan fingerprint density at radius 3 is 1.81 bits per heavy atom. The van der Waals surface area contributed by atoms with Gasteiger partial charge in [0.25, 0.3) is 0 Å². The lowest BCUT2D eigenvalue weighted by Gasteiger charge is -2.31. The van der Waals surface area contributed by atoms with Gasteiger partial charge >= 0.3 is 0 Å². The first-order chi connectivity index (χ1) is 26.5. The van der Waals surface area contributed by atoms with Gasteiger partial charge in [-0.3, -0.25) is 0 Å². The van der Waals surface area contributed by atoms with Crippen LogP contribution in [-0.2, 0) is 5.41 Å². The summed E-state index contributed by atoms with van der Waals surface area (Å²) in [5, 5.41) is 2.36. The van der Waals surface area contributed by atoms with E-state index in [0.29, 0.717) is 11.5 Å². The molecule has 0 fully saturated rings. The third-order valence-corrected chi connectivity index (χ3v) is 10.8. The van der Waals surface area contributed by atoms with Crippen LogP contribution in [0.3, 0.4) is 0 Å².